The first kappa shape index (κ1) is 16.3. The van der Waals surface area contributed by atoms with Crippen molar-refractivity contribution >= 4 is 0 Å². The van der Waals surface area contributed by atoms with E-state index in [2.05, 4.69) is 24.1 Å². The molecule has 0 heterocycles. The zero-order valence-corrected chi connectivity index (χ0v) is 13.7. The molecule has 0 aliphatic heterocycles. The zero-order chi connectivity index (χ0) is 14.4. The molecule has 0 radical (unpaired) electrons. The van der Waals surface area contributed by atoms with Crippen molar-refractivity contribution in [3.8, 4) is 0 Å². The molecule has 2 aliphatic carbocycles. The zero-order valence-electron chi connectivity index (χ0n) is 13.7. The largest absolute Gasteiger partial charge is 0.383 e. The molecule has 0 spiro atoms. The summed E-state index contributed by atoms with van der Waals surface area (Å²) in [5.74, 6) is 0.934. The van der Waals surface area contributed by atoms with E-state index in [4.69, 9.17) is 4.74 Å². The van der Waals surface area contributed by atoms with Gasteiger partial charge in [-0.1, -0.05) is 20.3 Å². The SMILES string of the molecule is CCCNC1CCC(CC)CC1N(CCOC)C1CC1. The van der Waals surface area contributed by atoms with Crippen LogP contribution in [0.15, 0.2) is 0 Å². The van der Waals surface area contributed by atoms with E-state index in [0.717, 1.165) is 31.2 Å². The molecule has 2 fully saturated rings. The molecular formula is C17H34N2O. The van der Waals surface area contributed by atoms with Crippen LogP contribution < -0.4 is 5.32 Å². The number of nitrogens with zero attached hydrogens (tertiary/aromatic N) is 1. The average Bonchev–Trinajstić information content (AvgIpc) is 3.31. The maximum atomic E-state index is 5.35. The lowest BCUT2D eigenvalue weighted by Gasteiger charge is -2.43. The predicted molar refractivity (Wildman–Crippen MR) is 85.1 cm³/mol. The molecule has 0 aromatic carbocycles. The van der Waals surface area contributed by atoms with Gasteiger partial charge in [0.2, 0.25) is 0 Å². The average molecular weight is 282 g/mol. The van der Waals surface area contributed by atoms with Crippen molar-refractivity contribution in [3.05, 3.63) is 0 Å². The summed E-state index contributed by atoms with van der Waals surface area (Å²) in [6.45, 7) is 7.79. The second-order valence-corrected chi connectivity index (χ2v) is 6.68. The monoisotopic (exact) mass is 282 g/mol. The van der Waals surface area contributed by atoms with Crippen LogP contribution in [0.25, 0.3) is 0 Å². The summed E-state index contributed by atoms with van der Waals surface area (Å²) in [6.07, 6.45) is 9.55. The highest BCUT2D eigenvalue weighted by Gasteiger charge is 2.39. The second kappa shape index (κ2) is 8.35. The summed E-state index contributed by atoms with van der Waals surface area (Å²) in [6, 6.07) is 2.29. The van der Waals surface area contributed by atoms with Gasteiger partial charge in [0.15, 0.2) is 0 Å². The van der Waals surface area contributed by atoms with Crippen LogP contribution in [0.5, 0.6) is 0 Å². The topological polar surface area (TPSA) is 24.5 Å². The summed E-state index contributed by atoms with van der Waals surface area (Å²) >= 11 is 0. The maximum Gasteiger partial charge on any atom is 0.0589 e. The fourth-order valence-corrected chi connectivity index (χ4v) is 3.76. The van der Waals surface area contributed by atoms with Crippen LogP contribution in [0.1, 0.15) is 58.8 Å². The van der Waals surface area contributed by atoms with Gasteiger partial charge >= 0.3 is 0 Å². The third kappa shape index (κ3) is 4.44. The van der Waals surface area contributed by atoms with Crippen molar-refractivity contribution < 1.29 is 4.74 Å². The Kier molecular flexibility index (Phi) is 6.79. The Balaban J connectivity index is 1.98. The van der Waals surface area contributed by atoms with Crippen LogP contribution in [-0.2, 0) is 4.74 Å². The lowest BCUT2D eigenvalue weighted by Crippen LogP contribution is -2.54. The molecule has 1 N–H and O–H groups in total. The van der Waals surface area contributed by atoms with Crippen LogP contribution in [0, 0.1) is 5.92 Å². The van der Waals surface area contributed by atoms with E-state index >= 15 is 0 Å². The molecule has 0 amide bonds. The lowest BCUT2D eigenvalue weighted by atomic mass is 9.80. The van der Waals surface area contributed by atoms with Gasteiger partial charge in [-0.2, -0.15) is 0 Å². The van der Waals surface area contributed by atoms with Gasteiger partial charge in [0, 0.05) is 31.8 Å². The van der Waals surface area contributed by atoms with Gasteiger partial charge in [-0.15, -0.1) is 0 Å². The fraction of sp³-hybridized carbons (Fsp3) is 1.00. The van der Waals surface area contributed by atoms with E-state index in [1.54, 1.807) is 0 Å². The van der Waals surface area contributed by atoms with Gasteiger partial charge in [-0.3, -0.25) is 4.90 Å². The number of ether oxygens (including phenoxy) is 1. The molecule has 2 aliphatic rings. The minimum absolute atomic E-state index is 0.704. The summed E-state index contributed by atoms with van der Waals surface area (Å²) in [5.41, 5.74) is 0. The van der Waals surface area contributed by atoms with E-state index in [-0.39, 0.29) is 0 Å². The molecule has 3 unspecified atom stereocenters. The normalized spacial score (nSPS) is 30.9. The highest BCUT2D eigenvalue weighted by atomic mass is 16.5. The third-order valence-electron chi connectivity index (χ3n) is 5.15. The summed E-state index contributed by atoms with van der Waals surface area (Å²) in [4.78, 5) is 2.78. The van der Waals surface area contributed by atoms with Crippen LogP contribution in [0.4, 0.5) is 0 Å². The van der Waals surface area contributed by atoms with Crippen molar-refractivity contribution in [2.45, 2.75) is 76.9 Å². The van der Waals surface area contributed by atoms with Crippen molar-refractivity contribution in [1.29, 1.82) is 0 Å². The van der Waals surface area contributed by atoms with Gasteiger partial charge in [-0.25, -0.2) is 0 Å². The van der Waals surface area contributed by atoms with Crippen molar-refractivity contribution in [1.82, 2.24) is 10.2 Å². The second-order valence-electron chi connectivity index (χ2n) is 6.68. The molecule has 3 heteroatoms. The first-order valence-corrected chi connectivity index (χ1v) is 8.78. The summed E-state index contributed by atoms with van der Waals surface area (Å²) < 4.78 is 5.35. The molecule has 20 heavy (non-hydrogen) atoms. The Morgan fingerprint density at radius 2 is 1.95 bits per heavy atom. The Labute approximate surface area is 125 Å². The molecule has 2 rings (SSSR count). The maximum absolute atomic E-state index is 5.35. The molecule has 3 nitrogen and oxygen atoms in total. The number of methoxy groups -OCH3 is 1. The van der Waals surface area contributed by atoms with Gasteiger partial charge in [0.25, 0.3) is 0 Å². The first-order valence-electron chi connectivity index (χ1n) is 8.78. The van der Waals surface area contributed by atoms with Crippen LogP contribution >= 0.6 is 0 Å². The number of rotatable bonds is 9. The summed E-state index contributed by atoms with van der Waals surface area (Å²) in [5, 5.41) is 3.82. The molecule has 2 saturated carbocycles. The highest BCUT2D eigenvalue weighted by Crippen LogP contribution is 2.36. The Morgan fingerprint density at radius 3 is 2.55 bits per heavy atom. The lowest BCUT2D eigenvalue weighted by molar-refractivity contribution is 0.0613. The molecule has 0 aromatic heterocycles. The molecule has 3 atom stereocenters. The van der Waals surface area contributed by atoms with E-state index in [9.17, 15) is 0 Å². The predicted octanol–water partition coefficient (Wildman–Crippen LogP) is 3.04. The van der Waals surface area contributed by atoms with Gasteiger partial charge in [0.05, 0.1) is 6.61 Å². The van der Waals surface area contributed by atoms with E-state index < -0.39 is 0 Å². The van der Waals surface area contributed by atoms with E-state index in [1.165, 1.54) is 51.5 Å². The van der Waals surface area contributed by atoms with Crippen molar-refractivity contribution in [3.63, 3.8) is 0 Å². The highest BCUT2D eigenvalue weighted by molar-refractivity contribution is 4.97. The Bertz CT molecular complexity index is 268. The molecule has 0 saturated heterocycles. The van der Waals surface area contributed by atoms with Gasteiger partial charge in [0.1, 0.15) is 0 Å². The number of hydrogen-bond donors (Lipinski definition) is 1. The number of nitrogens with one attached hydrogen (secondary N) is 1. The Hall–Kier alpha value is -0.120. The first-order chi connectivity index (χ1) is 9.80. The van der Waals surface area contributed by atoms with E-state index in [1.807, 2.05) is 7.11 Å². The van der Waals surface area contributed by atoms with Crippen molar-refractivity contribution in [2.75, 3.05) is 26.8 Å². The quantitative estimate of drug-likeness (QED) is 0.703. The van der Waals surface area contributed by atoms with Crippen LogP contribution in [0.2, 0.25) is 0 Å². The third-order valence-corrected chi connectivity index (χ3v) is 5.15. The molecular weight excluding hydrogens is 248 g/mol. The van der Waals surface area contributed by atoms with Gasteiger partial charge in [-0.05, 0) is 51.0 Å². The molecule has 118 valence electrons. The molecule has 0 bridgehead atoms. The fourth-order valence-electron chi connectivity index (χ4n) is 3.76. The summed E-state index contributed by atoms with van der Waals surface area (Å²) in [7, 11) is 1.83. The standard InChI is InChI=1S/C17H34N2O/c1-4-10-18-16-9-6-14(5-2)13-17(16)19(11-12-20-3)15-7-8-15/h14-18H,4-13H2,1-3H3. The van der Waals surface area contributed by atoms with Crippen LogP contribution in [0.3, 0.4) is 0 Å². The van der Waals surface area contributed by atoms with E-state index in [0.29, 0.717) is 6.04 Å². The van der Waals surface area contributed by atoms with Crippen molar-refractivity contribution in [2.24, 2.45) is 5.92 Å². The Morgan fingerprint density at radius 1 is 1.15 bits per heavy atom. The smallest absolute Gasteiger partial charge is 0.0589 e. The molecule has 0 aromatic rings. The minimum atomic E-state index is 0.704. The minimum Gasteiger partial charge on any atom is -0.383 e. The van der Waals surface area contributed by atoms with Gasteiger partial charge < -0.3 is 10.1 Å². The number of hydrogen-bond acceptors (Lipinski definition) is 3. The van der Waals surface area contributed by atoms with Crippen LogP contribution in [-0.4, -0.2) is 49.8 Å².